The molecule has 2 aromatic carbocycles. The monoisotopic (exact) mass is 452 g/mol. The Hall–Kier alpha value is -0.521. The van der Waals surface area contributed by atoms with Crippen molar-refractivity contribution in [3.05, 3.63) is 60.7 Å². The maximum absolute atomic E-state index is 2.43. The molecule has 1 fully saturated rings. The predicted octanol–water partition coefficient (Wildman–Crippen LogP) is 4.40. The molecule has 3 rings (SSSR count). The van der Waals surface area contributed by atoms with Crippen LogP contribution in [0.1, 0.15) is 46.5 Å². The van der Waals surface area contributed by atoms with Crippen molar-refractivity contribution >= 4 is 38.8 Å². The van der Waals surface area contributed by atoms with Crippen LogP contribution in [0.25, 0.3) is 0 Å². The van der Waals surface area contributed by atoms with Crippen molar-refractivity contribution in [2.45, 2.75) is 49.7 Å². The Morgan fingerprint density at radius 2 is 1.17 bits per heavy atom. The Kier molecular flexibility index (Phi) is 5.93. The van der Waals surface area contributed by atoms with Gasteiger partial charge in [0.05, 0.1) is 0 Å². The molecule has 0 atom stereocenters. The molecule has 1 aliphatic rings. The molecule has 0 spiro atoms. The van der Waals surface area contributed by atoms with E-state index in [1.807, 2.05) is 0 Å². The summed E-state index contributed by atoms with van der Waals surface area (Å²) in [5.41, 5.74) is 0.464. The van der Waals surface area contributed by atoms with Crippen LogP contribution in [0, 0.1) is 11.3 Å². The molecule has 0 saturated heterocycles. The Morgan fingerprint density at radius 3 is 1.54 bits per heavy atom. The molecule has 24 heavy (non-hydrogen) atoms. The van der Waals surface area contributed by atoms with E-state index in [0.717, 1.165) is 5.92 Å². The molecular formula is C22H28Se2. The normalized spacial score (nSPS) is 18.5. The Morgan fingerprint density at radius 1 is 0.750 bits per heavy atom. The molecule has 0 heterocycles. The fraction of sp³-hybridized carbons (Fsp3) is 0.455. The Labute approximate surface area is 160 Å². The van der Waals surface area contributed by atoms with Gasteiger partial charge in [0.15, 0.2) is 0 Å². The van der Waals surface area contributed by atoms with Gasteiger partial charge >= 0.3 is 161 Å². The van der Waals surface area contributed by atoms with E-state index in [4.69, 9.17) is 0 Å². The first kappa shape index (κ1) is 18.3. The third-order valence-electron chi connectivity index (χ3n) is 5.07. The number of rotatable bonds is 4. The van der Waals surface area contributed by atoms with E-state index < -0.39 is 0 Å². The SMILES string of the molecule is CC(C)(C)C1CCC([Se]c2ccccc2)([Se]c2ccccc2)CC1. The van der Waals surface area contributed by atoms with Crippen LogP contribution in [0.4, 0.5) is 0 Å². The van der Waals surface area contributed by atoms with Crippen LogP contribution in [-0.2, 0) is 0 Å². The first-order valence-electron chi connectivity index (χ1n) is 8.95. The third kappa shape index (κ3) is 4.77. The van der Waals surface area contributed by atoms with Gasteiger partial charge in [-0.25, -0.2) is 0 Å². The van der Waals surface area contributed by atoms with E-state index in [-0.39, 0.29) is 0 Å². The van der Waals surface area contributed by atoms with Gasteiger partial charge in [-0.2, -0.15) is 0 Å². The van der Waals surface area contributed by atoms with E-state index in [2.05, 4.69) is 81.4 Å². The maximum atomic E-state index is 2.43. The predicted molar refractivity (Wildman–Crippen MR) is 108 cm³/mol. The Balaban J connectivity index is 1.80. The van der Waals surface area contributed by atoms with Crippen LogP contribution < -0.4 is 8.92 Å². The van der Waals surface area contributed by atoms with Crippen molar-refractivity contribution in [3.63, 3.8) is 0 Å². The van der Waals surface area contributed by atoms with Gasteiger partial charge < -0.3 is 0 Å². The molecule has 0 amide bonds. The van der Waals surface area contributed by atoms with E-state index in [0.29, 0.717) is 38.5 Å². The molecule has 2 aromatic rings. The minimum absolute atomic E-state index is 0.464. The molecule has 1 aliphatic carbocycles. The fourth-order valence-corrected chi connectivity index (χ4v) is 11.1. The molecule has 2 heteroatoms. The van der Waals surface area contributed by atoms with Gasteiger partial charge in [0, 0.05) is 0 Å². The van der Waals surface area contributed by atoms with E-state index in [9.17, 15) is 0 Å². The zero-order valence-corrected chi connectivity index (χ0v) is 18.4. The van der Waals surface area contributed by atoms with Crippen LogP contribution in [0.3, 0.4) is 0 Å². The number of hydrogen-bond acceptors (Lipinski definition) is 0. The van der Waals surface area contributed by atoms with Crippen molar-refractivity contribution < 1.29 is 0 Å². The summed E-state index contributed by atoms with van der Waals surface area (Å²) in [7, 11) is 0. The molecular weight excluding hydrogens is 422 g/mol. The van der Waals surface area contributed by atoms with Gasteiger partial charge in [-0.1, -0.05) is 0 Å². The van der Waals surface area contributed by atoms with Gasteiger partial charge in [-0.05, 0) is 0 Å². The summed E-state index contributed by atoms with van der Waals surface area (Å²) in [4.78, 5) is 0. The molecule has 0 bridgehead atoms. The zero-order valence-electron chi connectivity index (χ0n) is 15.0. The van der Waals surface area contributed by atoms with Crippen molar-refractivity contribution in [1.29, 1.82) is 0 Å². The first-order chi connectivity index (χ1) is 11.5. The van der Waals surface area contributed by atoms with Crippen LogP contribution in [0.5, 0.6) is 0 Å². The Bertz CT molecular complexity index is 577. The molecule has 0 aromatic heterocycles. The second kappa shape index (κ2) is 7.79. The minimum atomic E-state index is 0.464. The van der Waals surface area contributed by atoms with Gasteiger partial charge in [-0.3, -0.25) is 0 Å². The summed E-state index contributed by atoms with van der Waals surface area (Å²) in [5.74, 6) is 0.892. The average Bonchev–Trinajstić information content (AvgIpc) is 2.56. The van der Waals surface area contributed by atoms with Crippen LogP contribution in [0.15, 0.2) is 60.7 Å². The zero-order chi connectivity index (χ0) is 17.0. The van der Waals surface area contributed by atoms with Crippen molar-refractivity contribution in [2.75, 3.05) is 0 Å². The standard InChI is InChI=1S/C22H28Se2/c1-21(2,3)18-14-16-22(17-15-18,23-19-10-6-4-7-11-19)24-20-12-8-5-9-13-20/h4-13,18H,14-17H2,1-3H3. The fourth-order valence-electron chi connectivity index (χ4n) is 3.56. The summed E-state index contributed by atoms with van der Waals surface area (Å²) >= 11 is 1.15. The molecule has 1 saturated carbocycles. The summed E-state index contributed by atoms with van der Waals surface area (Å²) in [6, 6.07) is 22.5. The van der Waals surface area contributed by atoms with E-state index in [1.54, 1.807) is 8.92 Å². The molecule has 128 valence electrons. The second-order valence-corrected chi connectivity index (χ2v) is 15.3. The molecule has 0 N–H and O–H groups in total. The van der Waals surface area contributed by atoms with Gasteiger partial charge in [0.25, 0.3) is 0 Å². The second-order valence-electron chi connectivity index (χ2n) is 7.88. The first-order valence-corrected chi connectivity index (χ1v) is 12.4. The number of hydrogen-bond donors (Lipinski definition) is 0. The van der Waals surface area contributed by atoms with E-state index in [1.165, 1.54) is 25.7 Å². The van der Waals surface area contributed by atoms with Crippen molar-refractivity contribution in [2.24, 2.45) is 11.3 Å². The molecule has 0 nitrogen and oxygen atoms in total. The van der Waals surface area contributed by atoms with Crippen molar-refractivity contribution in [1.82, 2.24) is 0 Å². The quantitative estimate of drug-likeness (QED) is 0.606. The van der Waals surface area contributed by atoms with Gasteiger partial charge in [-0.15, -0.1) is 0 Å². The van der Waals surface area contributed by atoms with Gasteiger partial charge in [0.2, 0.25) is 0 Å². The summed E-state index contributed by atoms with van der Waals surface area (Å²) < 4.78 is 3.72. The van der Waals surface area contributed by atoms with Crippen LogP contribution in [-0.4, -0.2) is 29.9 Å². The van der Waals surface area contributed by atoms with Crippen LogP contribution >= 0.6 is 0 Å². The number of benzene rings is 2. The van der Waals surface area contributed by atoms with Gasteiger partial charge in [0.1, 0.15) is 0 Å². The average molecular weight is 450 g/mol. The summed E-state index contributed by atoms with van der Waals surface area (Å²) in [5, 5.41) is 0. The molecule has 0 radical (unpaired) electrons. The topological polar surface area (TPSA) is 0 Å². The van der Waals surface area contributed by atoms with Crippen molar-refractivity contribution in [3.8, 4) is 0 Å². The van der Waals surface area contributed by atoms with E-state index >= 15 is 0 Å². The van der Waals surface area contributed by atoms with Crippen LogP contribution in [0.2, 0.25) is 3.21 Å². The summed E-state index contributed by atoms with van der Waals surface area (Å²) in [6.45, 7) is 7.28. The summed E-state index contributed by atoms with van der Waals surface area (Å²) in [6.07, 6.45) is 5.65. The molecule has 0 aliphatic heterocycles. The third-order valence-corrected chi connectivity index (χ3v) is 12.3. The molecule has 0 unspecified atom stereocenters.